The molecule has 2 aromatic rings. The summed E-state index contributed by atoms with van der Waals surface area (Å²) in [4.78, 5) is 68.3. The van der Waals surface area contributed by atoms with E-state index in [2.05, 4.69) is 25.9 Å². The molecule has 0 spiro atoms. The summed E-state index contributed by atoms with van der Waals surface area (Å²) < 4.78 is 0. The van der Waals surface area contributed by atoms with E-state index in [4.69, 9.17) is 5.73 Å². The Morgan fingerprint density at radius 3 is 2.05 bits per heavy atom. The van der Waals surface area contributed by atoms with Crippen LogP contribution in [0.4, 0.5) is 0 Å². The first-order valence-corrected chi connectivity index (χ1v) is 11.7. The highest BCUT2D eigenvalue weighted by Crippen LogP contribution is 2.11. The van der Waals surface area contributed by atoms with Gasteiger partial charge >= 0.3 is 11.9 Å². The van der Waals surface area contributed by atoms with Crippen molar-refractivity contribution in [2.24, 2.45) is 11.7 Å². The van der Waals surface area contributed by atoms with Crippen LogP contribution in [0.3, 0.4) is 0 Å². The van der Waals surface area contributed by atoms with Gasteiger partial charge in [0.05, 0.1) is 18.8 Å². The zero-order valence-corrected chi connectivity index (χ0v) is 20.9. The molecule has 0 aliphatic rings. The Balaban J connectivity index is 2.17. The lowest BCUT2D eigenvalue weighted by Gasteiger charge is -2.25. The second kappa shape index (κ2) is 13.7. The summed E-state index contributed by atoms with van der Waals surface area (Å²) in [6.45, 7) is 3.20. The van der Waals surface area contributed by atoms with Crippen LogP contribution in [0, 0.1) is 5.92 Å². The number of rotatable bonds is 14. The standard InChI is InChI=1S/C24H32N6O8/c1-12(2)20(24(37)38)30-23(36)17(8-14-10-26-11-27-14)29-22(35)18(9-19(32)33)28-21(34)16(25)7-13-3-5-15(31)6-4-13/h3-6,10-12,16-18,20,31H,7-9,25H2,1-2H3,(H,26,27)(H,28,34)(H,29,35)(H,30,36)(H,32,33)(H,37,38). The summed E-state index contributed by atoms with van der Waals surface area (Å²) in [5.74, 6) is -5.70. The Hall–Kier alpha value is -4.46. The fourth-order valence-corrected chi connectivity index (χ4v) is 3.51. The molecule has 0 bridgehead atoms. The molecular formula is C24H32N6O8. The number of H-pyrrole nitrogens is 1. The van der Waals surface area contributed by atoms with Crippen molar-refractivity contribution in [1.82, 2.24) is 25.9 Å². The molecule has 4 atom stereocenters. The third-order valence-corrected chi connectivity index (χ3v) is 5.58. The number of nitrogens with zero attached hydrogens (tertiary/aromatic N) is 1. The van der Waals surface area contributed by atoms with Gasteiger partial charge in [-0.05, 0) is 30.0 Å². The van der Waals surface area contributed by atoms with E-state index < -0.39 is 66.2 Å². The van der Waals surface area contributed by atoms with Crippen molar-refractivity contribution in [3.63, 3.8) is 0 Å². The molecule has 0 aliphatic heterocycles. The quantitative estimate of drug-likeness (QED) is 0.146. The molecule has 2 rings (SSSR count). The molecule has 14 heteroatoms. The number of aromatic hydroxyl groups is 1. The van der Waals surface area contributed by atoms with Gasteiger partial charge in [0, 0.05) is 18.3 Å². The van der Waals surface area contributed by atoms with Crippen molar-refractivity contribution in [1.29, 1.82) is 0 Å². The predicted octanol–water partition coefficient (Wildman–Crippen LogP) is -1.10. The molecule has 0 aliphatic carbocycles. The number of phenolic OH excluding ortho intramolecular Hbond substituents is 1. The number of nitrogens with two attached hydrogens (primary N) is 1. The number of amides is 3. The summed E-state index contributed by atoms with van der Waals surface area (Å²) in [6, 6.07) is 0.671. The number of carboxylic acid groups (broad SMARTS) is 2. The van der Waals surface area contributed by atoms with Crippen molar-refractivity contribution >= 4 is 29.7 Å². The van der Waals surface area contributed by atoms with Gasteiger partial charge in [-0.15, -0.1) is 0 Å². The highest BCUT2D eigenvalue weighted by molar-refractivity contribution is 5.95. The number of hydrogen-bond acceptors (Lipinski definition) is 8. The first kappa shape index (κ1) is 29.8. The Labute approximate surface area is 218 Å². The molecule has 4 unspecified atom stereocenters. The van der Waals surface area contributed by atoms with Gasteiger partial charge in [-0.25, -0.2) is 9.78 Å². The topological polar surface area (TPSA) is 237 Å². The van der Waals surface area contributed by atoms with Crippen LogP contribution in [0.5, 0.6) is 5.75 Å². The number of aliphatic carboxylic acids is 2. The smallest absolute Gasteiger partial charge is 0.326 e. The van der Waals surface area contributed by atoms with Crippen molar-refractivity contribution < 1.29 is 39.3 Å². The Morgan fingerprint density at radius 1 is 0.921 bits per heavy atom. The monoisotopic (exact) mass is 532 g/mol. The molecule has 0 saturated carbocycles. The molecule has 1 aromatic heterocycles. The third kappa shape index (κ3) is 9.20. The van der Waals surface area contributed by atoms with E-state index in [9.17, 15) is 39.3 Å². The Bertz CT molecular complexity index is 1120. The van der Waals surface area contributed by atoms with Crippen LogP contribution in [0.15, 0.2) is 36.8 Å². The summed E-state index contributed by atoms with van der Waals surface area (Å²) in [6.07, 6.45) is 1.89. The molecule has 3 amide bonds. The van der Waals surface area contributed by atoms with Gasteiger partial charge in [-0.1, -0.05) is 26.0 Å². The van der Waals surface area contributed by atoms with Crippen molar-refractivity contribution in [3.05, 3.63) is 48.0 Å². The SMILES string of the molecule is CC(C)C(NC(=O)C(Cc1cnc[nH]1)NC(=O)C(CC(=O)O)NC(=O)C(N)Cc1ccc(O)cc1)C(=O)O. The summed E-state index contributed by atoms with van der Waals surface area (Å²) in [5.41, 5.74) is 7.00. The number of hydrogen-bond donors (Lipinski definition) is 8. The minimum Gasteiger partial charge on any atom is -0.508 e. The molecule has 9 N–H and O–H groups in total. The maximum Gasteiger partial charge on any atom is 0.326 e. The number of nitrogens with one attached hydrogen (secondary N) is 4. The molecule has 38 heavy (non-hydrogen) atoms. The van der Waals surface area contributed by atoms with E-state index >= 15 is 0 Å². The summed E-state index contributed by atoms with van der Waals surface area (Å²) >= 11 is 0. The largest absolute Gasteiger partial charge is 0.508 e. The molecule has 1 heterocycles. The van der Waals surface area contributed by atoms with Crippen LogP contribution in [0.2, 0.25) is 0 Å². The lowest BCUT2D eigenvalue weighted by Crippen LogP contribution is -2.58. The Morgan fingerprint density at radius 2 is 1.53 bits per heavy atom. The predicted molar refractivity (Wildman–Crippen MR) is 133 cm³/mol. The minimum absolute atomic E-state index is 0.0294. The highest BCUT2D eigenvalue weighted by Gasteiger charge is 2.32. The zero-order valence-electron chi connectivity index (χ0n) is 20.9. The normalized spacial score (nSPS) is 14.1. The van der Waals surface area contributed by atoms with E-state index in [1.165, 1.54) is 24.7 Å². The van der Waals surface area contributed by atoms with Crippen LogP contribution < -0.4 is 21.7 Å². The third-order valence-electron chi connectivity index (χ3n) is 5.58. The molecule has 0 saturated heterocycles. The number of phenols is 1. The fourth-order valence-electron chi connectivity index (χ4n) is 3.51. The van der Waals surface area contributed by atoms with E-state index in [-0.39, 0.29) is 18.6 Å². The number of carboxylic acids is 2. The number of carbonyl (C=O) groups excluding carboxylic acids is 3. The minimum atomic E-state index is -1.58. The van der Waals surface area contributed by atoms with Crippen LogP contribution in [-0.2, 0) is 36.8 Å². The van der Waals surface area contributed by atoms with Gasteiger partial charge in [0.1, 0.15) is 23.9 Å². The number of carbonyl (C=O) groups is 5. The van der Waals surface area contributed by atoms with Gasteiger partial charge in [-0.2, -0.15) is 0 Å². The van der Waals surface area contributed by atoms with Gasteiger partial charge in [-0.3, -0.25) is 19.2 Å². The number of aromatic amines is 1. The van der Waals surface area contributed by atoms with E-state index in [1.54, 1.807) is 26.0 Å². The zero-order chi connectivity index (χ0) is 28.4. The molecule has 14 nitrogen and oxygen atoms in total. The van der Waals surface area contributed by atoms with Crippen molar-refractivity contribution in [3.8, 4) is 5.75 Å². The first-order chi connectivity index (χ1) is 17.9. The van der Waals surface area contributed by atoms with E-state index in [0.29, 0.717) is 11.3 Å². The maximum absolute atomic E-state index is 13.0. The molecule has 0 radical (unpaired) electrons. The molecular weight excluding hydrogens is 500 g/mol. The number of benzene rings is 1. The van der Waals surface area contributed by atoms with Gasteiger partial charge in [0.2, 0.25) is 17.7 Å². The van der Waals surface area contributed by atoms with Gasteiger partial charge < -0.3 is 42.0 Å². The highest BCUT2D eigenvalue weighted by atomic mass is 16.4. The second-order valence-electron chi connectivity index (χ2n) is 9.05. The van der Waals surface area contributed by atoms with Crippen LogP contribution in [0.25, 0.3) is 0 Å². The van der Waals surface area contributed by atoms with Crippen LogP contribution in [0.1, 0.15) is 31.5 Å². The fraction of sp³-hybridized carbons (Fsp3) is 0.417. The average Bonchev–Trinajstić information content (AvgIpc) is 3.35. The lowest BCUT2D eigenvalue weighted by molar-refractivity contribution is -0.144. The molecule has 1 aromatic carbocycles. The van der Waals surface area contributed by atoms with Crippen molar-refractivity contribution in [2.45, 2.75) is 57.3 Å². The van der Waals surface area contributed by atoms with Crippen LogP contribution in [-0.4, -0.2) is 79.1 Å². The number of imidazole rings is 1. The van der Waals surface area contributed by atoms with Crippen LogP contribution >= 0.6 is 0 Å². The molecule has 0 fully saturated rings. The summed E-state index contributed by atoms with van der Waals surface area (Å²) in [5, 5.41) is 35.2. The lowest BCUT2D eigenvalue weighted by atomic mass is 10.0. The summed E-state index contributed by atoms with van der Waals surface area (Å²) in [7, 11) is 0. The van der Waals surface area contributed by atoms with Gasteiger partial charge in [0.15, 0.2) is 0 Å². The van der Waals surface area contributed by atoms with Gasteiger partial charge in [0.25, 0.3) is 0 Å². The second-order valence-corrected chi connectivity index (χ2v) is 9.05. The number of aromatic nitrogens is 2. The van der Waals surface area contributed by atoms with Crippen molar-refractivity contribution in [2.75, 3.05) is 0 Å². The van der Waals surface area contributed by atoms with E-state index in [1.807, 2.05) is 0 Å². The van der Waals surface area contributed by atoms with E-state index in [0.717, 1.165) is 0 Å². The maximum atomic E-state index is 13.0. The molecule has 206 valence electrons. The first-order valence-electron chi connectivity index (χ1n) is 11.7. The average molecular weight is 533 g/mol. The Kier molecular flexibility index (Phi) is 10.8.